The van der Waals surface area contributed by atoms with E-state index in [1.165, 1.54) is 11.0 Å². The summed E-state index contributed by atoms with van der Waals surface area (Å²) in [4.78, 5) is 23.3. The lowest BCUT2D eigenvalue weighted by molar-refractivity contribution is -0.149. The molecule has 0 aliphatic carbocycles. The fourth-order valence-corrected chi connectivity index (χ4v) is 5.80. The number of anilines is 4. The molecule has 3 saturated heterocycles. The van der Waals surface area contributed by atoms with Crippen LogP contribution in [-0.2, 0) is 20.8 Å². The zero-order valence-corrected chi connectivity index (χ0v) is 20.7. The van der Waals surface area contributed by atoms with Gasteiger partial charge in [0.25, 0.3) is 0 Å². The Morgan fingerprint density at radius 1 is 1.11 bits per heavy atom. The first-order valence-electron chi connectivity index (χ1n) is 12.9. The third-order valence-corrected chi connectivity index (χ3v) is 7.60. The average molecular weight is 536 g/mol. The van der Waals surface area contributed by atoms with E-state index in [0.29, 0.717) is 61.9 Å². The van der Waals surface area contributed by atoms with E-state index in [-0.39, 0.29) is 37.7 Å². The smallest absolute Gasteiger partial charge is 0.376 e. The molecule has 0 spiro atoms. The minimum Gasteiger partial charge on any atom is -0.376 e. The largest absolute Gasteiger partial charge is 0.401 e. The molecule has 6 rings (SSSR count). The third-order valence-electron chi connectivity index (χ3n) is 7.60. The van der Waals surface area contributed by atoms with E-state index in [0.717, 1.165) is 11.9 Å². The third kappa shape index (κ3) is 5.29. The summed E-state index contributed by atoms with van der Waals surface area (Å²) < 4.78 is 64.3. The molecule has 2 aromatic rings. The first-order chi connectivity index (χ1) is 18.2. The van der Waals surface area contributed by atoms with Crippen LogP contribution in [0.4, 0.5) is 40.4 Å². The van der Waals surface area contributed by atoms with Crippen LogP contribution >= 0.6 is 0 Å². The summed E-state index contributed by atoms with van der Waals surface area (Å²) in [6, 6.07) is 7.17. The van der Waals surface area contributed by atoms with E-state index in [1.54, 1.807) is 4.90 Å². The Morgan fingerprint density at radius 2 is 1.84 bits per heavy atom. The Hall–Kier alpha value is -2.96. The topological polar surface area (TPSA) is 70.2 Å². The molecule has 2 atom stereocenters. The van der Waals surface area contributed by atoms with Crippen molar-refractivity contribution in [2.75, 3.05) is 61.1 Å². The Kier molecular flexibility index (Phi) is 6.65. The number of rotatable bonds is 3. The van der Waals surface area contributed by atoms with E-state index in [4.69, 9.17) is 9.47 Å². The number of likely N-dealkylation sites (tertiary alicyclic amines) is 1. The molecular formula is C26H29F4N5O3. The van der Waals surface area contributed by atoms with Gasteiger partial charge in [0.1, 0.15) is 11.6 Å². The molecule has 4 aliphatic heterocycles. The maximum absolute atomic E-state index is 14.1. The first-order valence-corrected chi connectivity index (χ1v) is 12.9. The van der Waals surface area contributed by atoms with Gasteiger partial charge in [0.15, 0.2) is 0 Å². The lowest BCUT2D eigenvalue weighted by atomic mass is 9.94. The average Bonchev–Trinajstić information content (AvgIpc) is 3.03. The van der Waals surface area contributed by atoms with Gasteiger partial charge in [-0.3, -0.25) is 9.69 Å². The van der Waals surface area contributed by atoms with Gasteiger partial charge in [-0.25, -0.2) is 9.37 Å². The number of morpholine rings is 1. The summed E-state index contributed by atoms with van der Waals surface area (Å²) in [6.45, 7) is 1.89. The standard InChI is InChI=1S/C26H29F4N5O3/c27-18-7-17-10-35(25(36)16-3-5-33(6-4-16)15-26(28,29)30)23-8-19(1-2-22(23)32-24(17)31-9-18)34-11-20-13-37-14-21(12-34)38-20/h1-2,7-9,16,20-21H,3-6,10-15H2,(H,31,32)/t20-,21+. The zero-order chi connectivity index (χ0) is 26.4. The van der Waals surface area contributed by atoms with Crippen LogP contribution in [0.15, 0.2) is 30.5 Å². The van der Waals surface area contributed by atoms with Crippen molar-refractivity contribution in [2.45, 2.75) is 37.8 Å². The number of pyridine rings is 1. The van der Waals surface area contributed by atoms with Gasteiger partial charge in [0.2, 0.25) is 5.91 Å². The van der Waals surface area contributed by atoms with Crippen LogP contribution < -0.4 is 15.1 Å². The molecule has 1 aromatic carbocycles. The molecule has 0 saturated carbocycles. The fraction of sp³-hybridized carbons (Fsp3) is 0.538. The Labute approximate surface area is 217 Å². The van der Waals surface area contributed by atoms with Crippen molar-refractivity contribution in [3.05, 3.63) is 41.8 Å². The van der Waals surface area contributed by atoms with Crippen molar-refractivity contribution in [2.24, 2.45) is 5.92 Å². The number of nitrogens with zero attached hydrogens (tertiary/aromatic N) is 4. The molecular weight excluding hydrogens is 506 g/mol. The normalized spacial score (nSPS) is 24.3. The molecule has 4 aliphatic rings. The Bertz CT molecular complexity index is 1190. The maximum Gasteiger partial charge on any atom is 0.401 e. The van der Waals surface area contributed by atoms with Crippen molar-refractivity contribution >= 4 is 28.8 Å². The Balaban J connectivity index is 1.29. The SMILES string of the molecule is O=C(C1CCN(CC(F)(F)F)CC1)N1Cc2cc(F)cnc2Nc2ccc(N3C[C@H]4COC[C@@H](C3)O4)cc21. The first kappa shape index (κ1) is 25.3. The molecule has 8 nitrogen and oxygen atoms in total. The van der Waals surface area contributed by atoms with E-state index in [2.05, 4.69) is 15.2 Å². The van der Waals surface area contributed by atoms with Gasteiger partial charge in [-0.15, -0.1) is 0 Å². The summed E-state index contributed by atoms with van der Waals surface area (Å²) in [7, 11) is 0. The summed E-state index contributed by atoms with van der Waals surface area (Å²) >= 11 is 0. The fourth-order valence-electron chi connectivity index (χ4n) is 5.80. The van der Waals surface area contributed by atoms with E-state index in [9.17, 15) is 22.4 Å². The number of fused-ring (bicyclic) bond motifs is 4. The van der Waals surface area contributed by atoms with Crippen LogP contribution in [0.5, 0.6) is 0 Å². The number of hydrogen-bond acceptors (Lipinski definition) is 7. The predicted molar refractivity (Wildman–Crippen MR) is 132 cm³/mol. The van der Waals surface area contributed by atoms with Crippen LogP contribution in [0.2, 0.25) is 0 Å². The van der Waals surface area contributed by atoms with Gasteiger partial charge in [0, 0.05) is 30.3 Å². The van der Waals surface area contributed by atoms with Crippen molar-refractivity contribution in [3.63, 3.8) is 0 Å². The molecule has 38 heavy (non-hydrogen) atoms. The van der Waals surface area contributed by atoms with Crippen molar-refractivity contribution in [3.8, 4) is 0 Å². The number of hydrogen-bond donors (Lipinski definition) is 1. The summed E-state index contributed by atoms with van der Waals surface area (Å²) in [5.41, 5.74) is 2.75. The minimum absolute atomic E-state index is 0.0320. The van der Waals surface area contributed by atoms with Crippen molar-refractivity contribution < 1.29 is 31.8 Å². The highest BCUT2D eigenvalue weighted by molar-refractivity contribution is 6.00. The van der Waals surface area contributed by atoms with Gasteiger partial charge < -0.3 is 24.6 Å². The van der Waals surface area contributed by atoms with Crippen molar-refractivity contribution in [1.29, 1.82) is 0 Å². The van der Waals surface area contributed by atoms with E-state index in [1.807, 2.05) is 18.2 Å². The van der Waals surface area contributed by atoms with Crippen LogP contribution in [0.1, 0.15) is 18.4 Å². The highest BCUT2D eigenvalue weighted by Gasteiger charge is 2.37. The molecule has 1 N–H and O–H groups in total. The Morgan fingerprint density at radius 3 is 2.55 bits per heavy atom. The van der Waals surface area contributed by atoms with Crippen LogP contribution in [0, 0.1) is 11.7 Å². The molecule has 2 bridgehead atoms. The molecule has 1 aromatic heterocycles. The monoisotopic (exact) mass is 535 g/mol. The highest BCUT2D eigenvalue weighted by atomic mass is 19.4. The number of benzene rings is 1. The van der Waals surface area contributed by atoms with Gasteiger partial charge >= 0.3 is 6.18 Å². The van der Waals surface area contributed by atoms with Crippen LogP contribution in [0.3, 0.4) is 0 Å². The lowest BCUT2D eigenvalue weighted by Gasteiger charge is -2.42. The molecule has 0 unspecified atom stereocenters. The van der Waals surface area contributed by atoms with Gasteiger partial charge in [-0.05, 0) is 50.2 Å². The maximum atomic E-state index is 14.1. The molecule has 12 heteroatoms. The predicted octanol–water partition coefficient (Wildman–Crippen LogP) is 3.69. The summed E-state index contributed by atoms with van der Waals surface area (Å²) in [5.74, 6) is -0.652. The molecule has 3 fully saturated rings. The number of alkyl halides is 3. The lowest BCUT2D eigenvalue weighted by Crippen LogP contribution is -2.54. The zero-order valence-electron chi connectivity index (χ0n) is 20.7. The van der Waals surface area contributed by atoms with E-state index >= 15 is 0 Å². The molecule has 5 heterocycles. The van der Waals surface area contributed by atoms with E-state index < -0.39 is 24.5 Å². The minimum atomic E-state index is -4.27. The van der Waals surface area contributed by atoms with Crippen LogP contribution in [0.25, 0.3) is 0 Å². The summed E-state index contributed by atoms with van der Waals surface area (Å²) in [5, 5.41) is 3.25. The van der Waals surface area contributed by atoms with Gasteiger partial charge in [-0.2, -0.15) is 13.2 Å². The van der Waals surface area contributed by atoms with Gasteiger partial charge in [0.05, 0.1) is 56.1 Å². The molecule has 204 valence electrons. The number of carbonyl (C=O) groups is 1. The number of ether oxygens (including phenoxy) is 2. The number of amides is 1. The summed E-state index contributed by atoms with van der Waals surface area (Å²) in [6.07, 6.45) is -2.55. The highest BCUT2D eigenvalue weighted by Crippen LogP contribution is 2.40. The number of halogens is 4. The number of aromatic nitrogens is 1. The quantitative estimate of drug-likeness (QED) is 0.602. The second-order valence-corrected chi connectivity index (χ2v) is 10.4. The second kappa shape index (κ2) is 9.97. The number of piperidine rings is 1. The molecule has 0 radical (unpaired) electrons. The van der Waals surface area contributed by atoms with Crippen LogP contribution in [-0.4, -0.2) is 80.1 Å². The molecule has 1 amide bonds. The number of carbonyl (C=O) groups excluding carboxylic acids is 1. The number of nitrogens with one attached hydrogen (secondary N) is 1. The van der Waals surface area contributed by atoms with Gasteiger partial charge in [-0.1, -0.05) is 0 Å². The van der Waals surface area contributed by atoms with Crippen molar-refractivity contribution in [1.82, 2.24) is 9.88 Å². The second-order valence-electron chi connectivity index (χ2n) is 10.4.